The summed E-state index contributed by atoms with van der Waals surface area (Å²) in [6.07, 6.45) is 1.09. The molecule has 2 amide bonds. The molecule has 6 nitrogen and oxygen atoms in total. The largest absolute Gasteiger partial charge is 0.430 e. The predicted molar refractivity (Wildman–Crippen MR) is 84.0 cm³/mol. The fraction of sp³-hybridized carbons (Fsp3) is 0.118. The van der Waals surface area contributed by atoms with Crippen LogP contribution in [0.15, 0.2) is 51.9 Å². The number of rotatable bonds is 3. The number of amides is 2. The number of hydrogen-bond acceptors (Lipinski definition) is 4. The van der Waals surface area contributed by atoms with Gasteiger partial charge in [0.15, 0.2) is 0 Å². The molecular weight excluding hydrogens is 296 g/mol. The van der Waals surface area contributed by atoms with Crippen molar-refractivity contribution in [2.75, 3.05) is 13.6 Å². The minimum Gasteiger partial charge on any atom is -0.430 e. The third-order valence-electron chi connectivity index (χ3n) is 2.92. The smallest absolute Gasteiger partial charge is 0.335 e. The lowest BCUT2D eigenvalue weighted by atomic mass is 10.1. The second kappa shape index (κ2) is 7.61. The van der Waals surface area contributed by atoms with Crippen LogP contribution in [0.2, 0.25) is 0 Å². The lowest BCUT2D eigenvalue weighted by molar-refractivity contribution is 0.0950. The summed E-state index contributed by atoms with van der Waals surface area (Å²) in [5.41, 5.74) is 0.759. The monoisotopic (exact) mass is 310 g/mol. The van der Waals surface area contributed by atoms with Gasteiger partial charge < -0.3 is 15.1 Å². The Balaban J connectivity index is 2.01. The number of hydrogen-bond donors (Lipinski definition) is 2. The van der Waals surface area contributed by atoms with E-state index >= 15 is 0 Å². The summed E-state index contributed by atoms with van der Waals surface area (Å²) >= 11 is 0. The van der Waals surface area contributed by atoms with Crippen molar-refractivity contribution in [2.24, 2.45) is 0 Å². The van der Waals surface area contributed by atoms with Crippen LogP contribution >= 0.6 is 0 Å². The standard InChI is InChI=1S/C17H14N2O4/c1-18-17(22)14-7-3-2-5-12(14)6-4-10-19-16(21)13-8-9-15(20)23-11-13/h2-3,5,7-9,11H,10H2,1H3,(H,18,22)(H,19,21). The van der Waals surface area contributed by atoms with Gasteiger partial charge in [0, 0.05) is 18.7 Å². The Morgan fingerprint density at radius 3 is 2.61 bits per heavy atom. The minimum atomic E-state index is -0.521. The van der Waals surface area contributed by atoms with E-state index < -0.39 is 11.5 Å². The van der Waals surface area contributed by atoms with Crippen molar-refractivity contribution < 1.29 is 14.0 Å². The molecule has 2 N–H and O–H groups in total. The SMILES string of the molecule is CNC(=O)c1ccccc1C#CCNC(=O)c1ccc(=O)oc1. The molecular formula is C17H14N2O4. The fourth-order valence-electron chi connectivity index (χ4n) is 1.78. The number of carbonyl (C=O) groups excluding carboxylic acids is 2. The normalized spacial score (nSPS) is 9.43. The van der Waals surface area contributed by atoms with Crippen molar-refractivity contribution in [3.8, 4) is 11.8 Å². The Kier molecular flexibility index (Phi) is 5.31. The topological polar surface area (TPSA) is 88.4 Å². The van der Waals surface area contributed by atoms with Gasteiger partial charge in [-0.2, -0.15) is 0 Å². The van der Waals surface area contributed by atoms with E-state index in [9.17, 15) is 14.4 Å². The van der Waals surface area contributed by atoms with Gasteiger partial charge in [-0.3, -0.25) is 9.59 Å². The molecule has 2 rings (SSSR count). The lowest BCUT2D eigenvalue weighted by Crippen LogP contribution is -2.24. The molecule has 0 unspecified atom stereocenters. The van der Waals surface area contributed by atoms with Crippen molar-refractivity contribution in [1.29, 1.82) is 0 Å². The lowest BCUT2D eigenvalue weighted by Gasteiger charge is -2.02. The molecule has 0 saturated carbocycles. The van der Waals surface area contributed by atoms with E-state index in [4.69, 9.17) is 0 Å². The maximum absolute atomic E-state index is 11.8. The maximum atomic E-state index is 11.8. The summed E-state index contributed by atoms with van der Waals surface area (Å²) in [5, 5.41) is 5.12. The summed E-state index contributed by atoms with van der Waals surface area (Å²) in [6.45, 7) is 0.0973. The van der Waals surface area contributed by atoms with E-state index in [0.717, 1.165) is 6.26 Å². The first-order valence-electron chi connectivity index (χ1n) is 6.79. The Morgan fingerprint density at radius 1 is 1.13 bits per heavy atom. The average molecular weight is 310 g/mol. The zero-order chi connectivity index (χ0) is 16.7. The number of nitrogens with one attached hydrogen (secondary N) is 2. The highest BCUT2D eigenvalue weighted by Crippen LogP contribution is 2.06. The van der Waals surface area contributed by atoms with Crippen LogP contribution in [-0.2, 0) is 0 Å². The Hall–Kier alpha value is -3.33. The van der Waals surface area contributed by atoms with Crippen LogP contribution in [-0.4, -0.2) is 25.4 Å². The van der Waals surface area contributed by atoms with Crippen LogP contribution < -0.4 is 16.3 Å². The molecule has 0 saturated heterocycles. The molecule has 6 heteroatoms. The highest BCUT2D eigenvalue weighted by Gasteiger charge is 2.07. The van der Waals surface area contributed by atoms with Crippen LogP contribution in [0.3, 0.4) is 0 Å². The van der Waals surface area contributed by atoms with Crippen LogP contribution in [0.25, 0.3) is 0 Å². The third-order valence-corrected chi connectivity index (χ3v) is 2.92. The molecule has 23 heavy (non-hydrogen) atoms. The second-order valence-electron chi connectivity index (χ2n) is 4.45. The van der Waals surface area contributed by atoms with Gasteiger partial charge in [0.05, 0.1) is 17.7 Å². The molecule has 1 aromatic carbocycles. The van der Waals surface area contributed by atoms with Gasteiger partial charge in [-0.05, 0) is 18.2 Å². The van der Waals surface area contributed by atoms with E-state index in [-0.39, 0.29) is 18.0 Å². The number of carbonyl (C=O) groups is 2. The van der Waals surface area contributed by atoms with Gasteiger partial charge in [0.1, 0.15) is 6.26 Å². The quantitative estimate of drug-likeness (QED) is 0.820. The van der Waals surface area contributed by atoms with E-state index in [0.29, 0.717) is 11.1 Å². The molecule has 0 atom stereocenters. The molecule has 0 aliphatic rings. The van der Waals surface area contributed by atoms with E-state index in [2.05, 4.69) is 26.9 Å². The van der Waals surface area contributed by atoms with Gasteiger partial charge in [0.25, 0.3) is 11.8 Å². The van der Waals surface area contributed by atoms with E-state index in [1.165, 1.54) is 12.1 Å². The summed E-state index contributed by atoms with van der Waals surface area (Å²) in [6, 6.07) is 9.47. The molecule has 2 aromatic rings. The Labute approximate surface area is 132 Å². The molecule has 0 radical (unpaired) electrons. The Morgan fingerprint density at radius 2 is 1.91 bits per heavy atom. The zero-order valence-electron chi connectivity index (χ0n) is 12.4. The molecule has 0 fully saturated rings. The van der Waals surface area contributed by atoms with Crippen LogP contribution in [0.4, 0.5) is 0 Å². The van der Waals surface area contributed by atoms with Gasteiger partial charge in [-0.15, -0.1) is 0 Å². The van der Waals surface area contributed by atoms with Gasteiger partial charge in [-0.25, -0.2) is 4.79 Å². The zero-order valence-corrected chi connectivity index (χ0v) is 12.4. The summed E-state index contributed by atoms with van der Waals surface area (Å²) in [7, 11) is 1.55. The molecule has 1 aromatic heterocycles. The molecule has 0 aliphatic heterocycles. The molecule has 0 bridgehead atoms. The summed E-state index contributed by atoms with van der Waals surface area (Å²) in [4.78, 5) is 34.3. The van der Waals surface area contributed by atoms with Crippen molar-refractivity contribution in [3.63, 3.8) is 0 Å². The molecule has 0 spiro atoms. The van der Waals surface area contributed by atoms with Gasteiger partial charge in [0.2, 0.25) is 0 Å². The third kappa shape index (κ3) is 4.32. The second-order valence-corrected chi connectivity index (χ2v) is 4.45. The number of benzene rings is 1. The van der Waals surface area contributed by atoms with Gasteiger partial charge in [-0.1, -0.05) is 24.0 Å². The summed E-state index contributed by atoms with van der Waals surface area (Å²) < 4.78 is 4.61. The van der Waals surface area contributed by atoms with Crippen molar-refractivity contribution in [2.45, 2.75) is 0 Å². The van der Waals surface area contributed by atoms with Crippen LogP contribution in [0.5, 0.6) is 0 Å². The highest BCUT2D eigenvalue weighted by atomic mass is 16.4. The van der Waals surface area contributed by atoms with Crippen molar-refractivity contribution >= 4 is 11.8 Å². The van der Waals surface area contributed by atoms with Crippen molar-refractivity contribution in [3.05, 3.63) is 69.8 Å². The highest BCUT2D eigenvalue weighted by molar-refractivity contribution is 5.96. The average Bonchev–Trinajstić information content (AvgIpc) is 2.58. The molecule has 116 valence electrons. The predicted octanol–water partition coefficient (Wildman–Crippen LogP) is 0.781. The van der Waals surface area contributed by atoms with Crippen LogP contribution in [0.1, 0.15) is 26.3 Å². The Bertz CT molecular complexity index is 823. The van der Waals surface area contributed by atoms with E-state index in [1.807, 2.05) is 0 Å². The van der Waals surface area contributed by atoms with Crippen molar-refractivity contribution in [1.82, 2.24) is 10.6 Å². The first-order valence-corrected chi connectivity index (χ1v) is 6.79. The van der Waals surface area contributed by atoms with Gasteiger partial charge >= 0.3 is 5.63 Å². The first kappa shape index (κ1) is 16.0. The molecule has 1 heterocycles. The first-order chi connectivity index (χ1) is 11.1. The maximum Gasteiger partial charge on any atom is 0.335 e. The van der Waals surface area contributed by atoms with E-state index in [1.54, 1.807) is 31.3 Å². The molecule has 0 aliphatic carbocycles. The fourth-order valence-corrected chi connectivity index (χ4v) is 1.78. The minimum absolute atomic E-state index is 0.0973. The van der Waals surface area contributed by atoms with Crippen LogP contribution in [0, 0.1) is 11.8 Å². The summed E-state index contributed by atoms with van der Waals surface area (Å²) in [5.74, 6) is 5.00.